The van der Waals surface area contributed by atoms with Gasteiger partial charge in [-0.25, -0.2) is 4.98 Å². The smallest absolute Gasteiger partial charge is 0.260 e. The quantitative estimate of drug-likeness (QED) is 0.499. The van der Waals surface area contributed by atoms with Crippen LogP contribution in [0.15, 0.2) is 60.9 Å². The summed E-state index contributed by atoms with van der Waals surface area (Å²) in [5.41, 5.74) is 3.44. The molecule has 1 aliphatic rings. The third-order valence-electron chi connectivity index (χ3n) is 4.71. The average molecular weight is 403 g/mol. The molecule has 0 N–H and O–H groups in total. The van der Waals surface area contributed by atoms with Crippen LogP contribution in [0.1, 0.15) is 21.5 Å². The zero-order valence-corrected chi connectivity index (χ0v) is 16.5. The van der Waals surface area contributed by atoms with Gasteiger partial charge in [0.15, 0.2) is 16.6 Å². The molecule has 29 heavy (non-hydrogen) atoms. The van der Waals surface area contributed by atoms with Crippen molar-refractivity contribution in [1.29, 1.82) is 0 Å². The Kier molecular flexibility index (Phi) is 4.37. The van der Waals surface area contributed by atoms with E-state index in [1.165, 1.54) is 11.3 Å². The number of aryl methyl sites for hydroxylation is 1. The molecule has 0 saturated heterocycles. The molecule has 0 unspecified atom stereocenters. The fourth-order valence-electron chi connectivity index (χ4n) is 3.17. The van der Waals surface area contributed by atoms with Gasteiger partial charge >= 0.3 is 0 Å². The molecule has 0 radical (unpaired) electrons. The van der Waals surface area contributed by atoms with Gasteiger partial charge in [0.05, 0.1) is 16.8 Å². The number of anilines is 1. The van der Waals surface area contributed by atoms with Gasteiger partial charge in [-0.3, -0.25) is 14.7 Å². The molecule has 2 aromatic carbocycles. The Morgan fingerprint density at radius 1 is 1.14 bits per heavy atom. The van der Waals surface area contributed by atoms with Gasteiger partial charge in [0, 0.05) is 30.1 Å². The fourth-order valence-corrected chi connectivity index (χ4v) is 4.15. The summed E-state index contributed by atoms with van der Waals surface area (Å²) in [4.78, 5) is 23.9. The van der Waals surface area contributed by atoms with Gasteiger partial charge < -0.3 is 9.47 Å². The number of rotatable bonds is 4. The number of carbonyl (C=O) groups excluding carboxylic acids is 1. The molecule has 0 saturated carbocycles. The normalized spacial score (nSPS) is 12.3. The molecule has 0 spiro atoms. The third-order valence-corrected chi connectivity index (χ3v) is 5.75. The van der Waals surface area contributed by atoms with Crippen molar-refractivity contribution in [2.75, 3.05) is 11.7 Å². The van der Waals surface area contributed by atoms with Crippen molar-refractivity contribution in [1.82, 2.24) is 9.97 Å². The van der Waals surface area contributed by atoms with E-state index in [-0.39, 0.29) is 12.7 Å². The van der Waals surface area contributed by atoms with Gasteiger partial charge in [0.1, 0.15) is 0 Å². The van der Waals surface area contributed by atoms with Crippen LogP contribution in [-0.2, 0) is 6.54 Å². The number of hydrogen-bond acceptors (Lipinski definition) is 6. The number of benzene rings is 2. The van der Waals surface area contributed by atoms with Crippen molar-refractivity contribution in [3.63, 3.8) is 0 Å². The Labute approximate surface area is 171 Å². The van der Waals surface area contributed by atoms with Crippen molar-refractivity contribution in [2.45, 2.75) is 13.5 Å². The highest BCUT2D eigenvalue weighted by Gasteiger charge is 2.23. The van der Waals surface area contributed by atoms with Crippen molar-refractivity contribution < 1.29 is 14.3 Å². The first-order valence-corrected chi connectivity index (χ1v) is 9.97. The van der Waals surface area contributed by atoms with E-state index in [0.29, 0.717) is 28.7 Å². The maximum Gasteiger partial charge on any atom is 0.260 e. The Hall–Kier alpha value is -3.45. The number of hydrogen-bond donors (Lipinski definition) is 0. The van der Waals surface area contributed by atoms with Gasteiger partial charge in [-0.15, -0.1) is 0 Å². The Balaban J connectivity index is 1.56. The highest BCUT2D eigenvalue weighted by Crippen LogP contribution is 2.40. The SMILES string of the molecule is Cc1ccc(C(=O)N(Cc2cccnc2)c2nc3cc4c(cc3s2)OCO4)cc1. The minimum Gasteiger partial charge on any atom is -0.454 e. The molecule has 0 atom stereocenters. The molecule has 1 aliphatic heterocycles. The molecule has 4 aromatic rings. The first-order chi connectivity index (χ1) is 14.2. The maximum atomic E-state index is 13.4. The largest absolute Gasteiger partial charge is 0.454 e. The molecule has 6 nitrogen and oxygen atoms in total. The van der Waals surface area contributed by atoms with E-state index in [2.05, 4.69) is 4.98 Å². The van der Waals surface area contributed by atoms with Crippen LogP contribution in [0.5, 0.6) is 11.5 Å². The molecule has 0 aliphatic carbocycles. The van der Waals surface area contributed by atoms with Gasteiger partial charge in [0.2, 0.25) is 6.79 Å². The molecule has 3 heterocycles. The van der Waals surface area contributed by atoms with Gasteiger partial charge in [0.25, 0.3) is 5.91 Å². The van der Waals surface area contributed by atoms with Crippen LogP contribution in [0.2, 0.25) is 0 Å². The summed E-state index contributed by atoms with van der Waals surface area (Å²) in [6.45, 7) is 2.60. The second-order valence-electron chi connectivity index (χ2n) is 6.79. The van der Waals surface area contributed by atoms with Gasteiger partial charge in [-0.1, -0.05) is 35.1 Å². The second kappa shape index (κ2) is 7.18. The number of amides is 1. The average Bonchev–Trinajstić information content (AvgIpc) is 3.36. The molecule has 0 fully saturated rings. The monoisotopic (exact) mass is 403 g/mol. The molecule has 2 aromatic heterocycles. The number of carbonyl (C=O) groups is 1. The Morgan fingerprint density at radius 2 is 1.93 bits per heavy atom. The van der Waals surface area contributed by atoms with Crippen molar-refractivity contribution >= 4 is 32.6 Å². The number of nitrogens with zero attached hydrogens (tertiary/aromatic N) is 3. The lowest BCUT2D eigenvalue weighted by Crippen LogP contribution is -2.30. The summed E-state index contributed by atoms with van der Waals surface area (Å²) < 4.78 is 11.9. The Morgan fingerprint density at radius 3 is 2.69 bits per heavy atom. The highest BCUT2D eigenvalue weighted by atomic mass is 32.1. The minimum absolute atomic E-state index is 0.104. The topological polar surface area (TPSA) is 64.6 Å². The van der Waals surface area contributed by atoms with Gasteiger partial charge in [-0.2, -0.15) is 0 Å². The summed E-state index contributed by atoms with van der Waals surface area (Å²) >= 11 is 1.45. The van der Waals surface area contributed by atoms with Crippen LogP contribution in [-0.4, -0.2) is 22.7 Å². The predicted molar refractivity (Wildman–Crippen MR) is 112 cm³/mol. The van der Waals surface area contributed by atoms with Crippen LogP contribution in [0.25, 0.3) is 10.2 Å². The fraction of sp³-hybridized carbons (Fsp3) is 0.136. The van der Waals surface area contributed by atoms with E-state index in [1.54, 1.807) is 17.3 Å². The van der Waals surface area contributed by atoms with Crippen LogP contribution < -0.4 is 14.4 Å². The van der Waals surface area contributed by atoms with Crippen LogP contribution in [0, 0.1) is 6.92 Å². The molecule has 7 heteroatoms. The standard InChI is InChI=1S/C22H17N3O3S/c1-14-4-6-16(7-5-14)21(26)25(12-15-3-2-8-23-11-15)22-24-17-9-18-19(28-13-27-18)10-20(17)29-22/h2-11H,12-13H2,1H3. The van der Waals surface area contributed by atoms with Crippen LogP contribution >= 0.6 is 11.3 Å². The van der Waals surface area contributed by atoms with E-state index < -0.39 is 0 Å². The summed E-state index contributed by atoms with van der Waals surface area (Å²) in [5, 5.41) is 0.623. The summed E-state index contributed by atoms with van der Waals surface area (Å²) in [7, 11) is 0. The molecule has 5 rings (SSSR count). The lowest BCUT2D eigenvalue weighted by atomic mass is 10.1. The van der Waals surface area contributed by atoms with E-state index in [0.717, 1.165) is 21.3 Å². The molecular formula is C22H17N3O3S. The summed E-state index contributed by atoms with van der Waals surface area (Å²) in [6, 6.07) is 15.1. The van der Waals surface area contributed by atoms with E-state index in [9.17, 15) is 4.79 Å². The number of ether oxygens (including phenoxy) is 2. The maximum absolute atomic E-state index is 13.4. The zero-order chi connectivity index (χ0) is 19.8. The second-order valence-corrected chi connectivity index (χ2v) is 7.80. The van der Waals surface area contributed by atoms with E-state index in [4.69, 9.17) is 14.5 Å². The number of thiazole rings is 1. The van der Waals surface area contributed by atoms with E-state index >= 15 is 0 Å². The number of aromatic nitrogens is 2. The molecule has 144 valence electrons. The molecule has 1 amide bonds. The Bertz CT molecular complexity index is 1150. The molecular weight excluding hydrogens is 386 g/mol. The van der Waals surface area contributed by atoms with Crippen LogP contribution in [0.4, 0.5) is 5.13 Å². The van der Waals surface area contributed by atoms with Crippen molar-refractivity contribution in [3.05, 3.63) is 77.6 Å². The van der Waals surface area contributed by atoms with Crippen molar-refractivity contribution in [3.8, 4) is 11.5 Å². The van der Waals surface area contributed by atoms with Crippen LogP contribution in [0.3, 0.4) is 0 Å². The lowest BCUT2D eigenvalue weighted by molar-refractivity contribution is 0.0985. The lowest BCUT2D eigenvalue weighted by Gasteiger charge is -2.20. The number of pyridine rings is 1. The van der Waals surface area contributed by atoms with Crippen molar-refractivity contribution in [2.24, 2.45) is 0 Å². The van der Waals surface area contributed by atoms with Gasteiger partial charge in [-0.05, 0) is 30.7 Å². The van der Waals surface area contributed by atoms with E-state index in [1.807, 2.05) is 55.5 Å². The minimum atomic E-state index is -0.104. The first kappa shape index (κ1) is 17.6. The third kappa shape index (κ3) is 3.40. The zero-order valence-electron chi connectivity index (χ0n) is 15.7. The molecule has 0 bridgehead atoms. The first-order valence-electron chi connectivity index (χ1n) is 9.15. The summed E-state index contributed by atoms with van der Waals surface area (Å²) in [6.07, 6.45) is 3.48. The highest BCUT2D eigenvalue weighted by molar-refractivity contribution is 7.22. The predicted octanol–water partition coefficient (Wildman–Crippen LogP) is 4.58. The summed E-state index contributed by atoms with van der Waals surface area (Å²) in [5.74, 6) is 1.28. The number of fused-ring (bicyclic) bond motifs is 2.